The Hall–Kier alpha value is -6.44. The fraction of sp³-hybridized carbons (Fsp3) is 0.351. The first-order chi connectivity index (χ1) is 36.6. The highest BCUT2D eigenvalue weighted by atomic mass is 15.1. The highest BCUT2D eigenvalue weighted by Gasteiger charge is 2.66. The van der Waals surface area contributed by atoms with Crippen LogP contribution in [0.3, 0.4) is 0 Å². The first-order valence-corrected chi connectivity index (χ1v) is 29.5. The number of hydrogen-bond acceptors (Lipinski definition) is 1. The van der Waals surface area contributed by atoms with Gasteiger partial charge >= 0.3 is 0 Å². The molecule has 75 heavy (non-hydrogen) atoms. The van der Waals surface area contributed by atoms with Gasteiger partial charge in [0.25, 0.3) is 0 Å². The number of benzene rings is 8. The molecule has 0 amide bonds. The summed E-state index contributed by atoms with van der Waals surface area (Å²) in [6.07, 6.45) is 14.2. The van der Waals surface area contributed by atoms with E-state index in [2.05, 4.69) is 184 Å². The highest BCUT2D eigenvalue weighted by Crippen LogP contribution is 2.77. The summed E-state index contributed by atoms with van der Waals surface area (Å²) in [5.74, 6) is 6.48. The molecule has 8 unspecified atom stereocenters. The molecule has 8 aromatic rings. The maximum atomic E-state index is 2.90. The second-order valence-electron chi connectivity index (χ2n) is 27.6. The van der Waals surface area contributed by atoms with Crippen molar-refractivity contribution in [2.75, 3.05) is 4.90 Å². The van der Waals surface area contributed by atoms with Crippen molar-refractivity contribution in [1.82, 2.24) is 0 Å². The van der Waals surface area contributed by atoms with E-state index in [4.69, 9.17) is 0 Å². The lowest BCUT2D eigenvalue weighted by atomic mass is 9.56. The zero-order valence-electron chi connectivity index (χ0n) is 44.1. The molecule has 20 rings (SSSR count). The zero-order chi connectivity index (χ0) is 49.2. The van der Waals surface area contributed by atoms with Crippen LogP contribution in [0.4, 0.5) is 17.1 Å². The van der Waals surface area contributed by atoms with Crippen LogP contribution in [-0.2, 0) is 16.2 Å². The van der Waals surface area contributed by atoms with Crippen molar-refractivity contribution < 1.29 is 0 Å². The molecule has 8 aromatic carbocycles. The second-order valence-corrected chi connectivity index (χ2v) is 27.6. The molecule has 0 heterocycles. The van der Waals surface area contributed by atoms with E-state index < -0.39 is 5.41 Å². The minimum absolute atomic E-state index is 0.121. The van der Waals surface area contributed by atoms with Crippen LogP contribution in [0.15, 0.2) is 152 Å². The van der Waals surface area contributed by atoms with Gasteiger partial charge in [0.05, 0.1) is 11.1 Å². The predicted octanol–water partition coefficient (Wildman–Crippen LogP) is 18.9. The Bertz CT molecular complexity index is 3940. The summed E-state index contributed by atoms with van der Waals surface area (Å²) in [6.45, 7) is 9.75. The van der Waals surface area contributed by atoms with E-state index >= 15 is 0 Å². The molecule has 0 aromatic heterocycles. The minimum Gasteiger partial charge on any atom is -0.310 e. The van der Waals surface area contributed by atoms with Gasteiger partial charge in [0, 0.05) is 27.8 Å². The van der Waals surface area contributed by atoms with Crippen LogP contribution >= 0.6 is 0 Å². The smallest absolute Gasteiger partial charge is 0.0726 e. The summed E-state index contributed by atoms with van der Waals surface area (Å²) in [4.78, 5) is 2.69. The quantitative estimate of drug-likeness (QED) is 0.171. The van der Waals surface area contributed by atoms with E-state index in [1.165, 1.54) is 148 Å². The summed E-state index contributed by atoms with van der Waals surface area (Å²) in [5, 5.41) is 0. The molecule has 1 nitrogen and oxygen atoms in total. The van der Waals surface area contributed by atoms with Gasteiger partial charge in [-0.15, -0.1) is 0 Å². The largest absolute Gasteiger partial charge is 0.310 e. The van der Waals surface area contributed by atoms with E-state index in [1.807, 2.05) is 0 Å². The number of rotatable bonds is 3. The van der Waals surface area contributed by atoms with Gasteiger partial charge < -0.3 is 4.90 Å². The van der Waals surface area contributed by atoms with Crippen LogP contribution in [0.25, 0.3) is 44.5 Å². The van der Waals surface area contributed by atoms with Crippen LogP contribution in [-0.4, -0.2) is 0 Å². The van der Waals surface area contributed by atoms with Gasteiger partial charge in [0.1, 0.15) is 0 Å². The summed E-state index contributed by atoms with van der Waals surface area (Å²) >= 11 is 0. The topological polar surface area (TPSA) is 3.24 Å². The Kier molecular flexibility index (Phi) is 7.55. The average molecular weight is 968 g/mol. The molecule has 8 atom stereocenters. The van der Waals surface area contributed by atoms with Crippen molar-refractivity contribution in [3.05, 3.63) is 218 Å². The van der Waals surface area contributed by atoms with E-state index in [0.717, 1.165) is 23.7 Å². The molecule has 5 saturated carbocycles. The third-order valence-electron chi connectivity index (χ3n) is 24.0. The molecule has 12 aliphatic carbocycles. The lowest BCUT2D eigenvalue weighted by molar-refractivity contribution is 0.00322. The Morgan fingerprint density at radius 3 is 1.47 bits per heavy atom. The Morgan fingerprint density at radius 1 is 0.347 bits per heavy atom. The van der Waals surface area contributed by atoms with Crippen LogP contribution in [0, 0.1) is 29.1 Å². The number of nitrogens with zero attached hydrogens (tertiary/aromatic N) is 1. The molecule has 2 spiro atoms. The van der Waals surface area contributed by atoms with Crippen molar-refractivity contribution in [3.63, 3.8) is 0 Å². The summed E-state index contributed by atoms with van der Waals surface area (Å²) in [5.41, 5.74) is 33.8. The number of fused-ring (bicyclic) bond motifs is 21. The average Bonchev–Trinajstić information content (AvgIpc) is 4.36. The van der Waals surface area contributed by atoms with Gasteiger partial charge in [-0.05, 0) is 253 Å². The third-order valence-corrected chi connectivity index (χ3v) is 24.0. The van der Waals surface area contributed by atoms with Crippen LogP contribution in [0.5, 0.6) is 0 Å². The molecule has 0 N–H and O–H groups in total. The lowest BCUT2D eigenvalue weighted by Gasteiger charge is -2.48. The first-order valence-electron chi connectivity index (χ1n) is 29.5. The van der Waals surface area contributed by atoms with Gasteiger partial charge in [-0.1, -0.05) is 149 Å². The third kappa shape index (κ3) is 4.86. The van der Waals surface area contributed by atoms with Crippen molar-refractivity contribution >= 4 is 17.1 Å². The summed E-state index contributed by atoms with van der Waals surface area (Å²) in [6, 6.07) is 62.0. The molecular weight excluding hydrogens is 903 g/mol. The normalized spacial score (nSPS) is 31.0. The standard InChI is InChI=1S/C74H65N/c1-71(2)62-16-9-7-14-54(62)70-64(71)18-11-19-69(70)75(48-20-22-52-50-12-5-8-15-61(50)72(3,4)65(52)32-48)49-21-23-53-51-13-6-10-17-63(51)74(66(53)33-49)67-36-57-43-27-40-24-41(28-43)26-42(25-40)55(57)34-59(67)60-35-56-44-29-46-31-47-30-45(39-73(46,47)38-44)58(56)37-68(60)74/h5-23,32-37,40-47H,24-31,38-39H2,1-4H3. The molecule has 0 aliphatic heterocycles. The molecule has 0 radical (unpaired) electrons. The van der Waals surface area contributed by atoms with Crippen LogP contribution in [0.2, 0.25) is 0 Å². The van der Waals surface area contributed by atoms with Crippen molar-refractivity contribution in [2.24, 2.45) is 29.1 Å². The van der Waals surface area contributed by atoms with Gasteiger partial charge in [-0.25, -0.2) is 0 Å². The molecule has 0 saturated heterocycles. The summed E-state index contributed by atoms with van der Waals surface area (Å²) in [7, 11) is 0. The molecule has 5 fully saturated rings. The van der Waals surface area contributed by atoms with Crippen molar-refractivity contribution in [1.29, 1.82) is 0 Å². The van der Waals surface area contributed by atoms with E-state index in [1.54, 1.807) is 44.5 Å². The molecule has 366 valence electrons. The Balaban J connectivity index is 0.895. The van der Waals surface area contributed by atoms with E-state index in [0.29, 0.717) is 29.1 Å². The van der Waals surface area contributed by atoms with Crippen molar-refractivity contribution in [2.45, 2.75) is 132 Å². The fourth-order valence-corrected chi connectivity index (χ4v) is 21.1. The zero-order valence-corrected chi connectivity index (χ0v) is 44.1. The van der Waals surface area contributed by atoms with Crippen LogP contribution in [0.1, 0.15) is 182 Å². The Morgan fingerprint density at radius 2 is 0.813 bits per heavy atom. The lowest BCUT2D eigenvalue weighted by Crippen LogP contribution is -2.41. The van der Waals surface area contributed by atoms with Gasteiger partial charge in [-0.3, -0.25) is 0 Å². The minimum atomic E-state index is -0.426. The second kappa shape index (κ2) is 13.6. The fourth-order valence-electron chi connectivity index (χ4n) is 21.1. The van der Waals surface area contributed by atoms with Gasteiger partial charge in [0.2, 0.25) is 0 Å². The van der Waals surface area contributed by atoms with Gasteiger partial charge in [-0.2, -0.15) is 0 Å². The SMILES string of the molecule is CC1(C)c2ccccc2-c2ccc(N(c3ccc4c(c3)C3(c5ccccc5-4)c4cc5c(cc4-c4cc6c(cc43)C3CC4CC7CC6CC74C3)C3CC4CC(C3)CC5C4)c3cccc4c3-c3ccccc3C4(C)C)cc21. The maximum Gasteiger partial charge on any atom is 0.0726 e. The molecule has 7 bridgehead atoms. The van der Waals surface area contributed by atoms with Crippen LogP contribution < -0.4 is 4.90 Å². The monoisotopic (exact) mass is 968 g/mol. The number of hydrogen-bond donors (Lipinski definition) is 0. The van der Waals surface area contributed by atoms with E-state index in [9.17, 15) is 0 Å². The molecule has 12 aliphatic rings. The summed E-state index contributed by atoms with van der Waals surface area (Å²) < 4.78 is 0. The maximum absolute atomic E-state index is 2.90. The molecule has 1 heteroatoms. The molecular formula is C74H65N. The van der Waals surface area contributed by atoms with Crippen molar-refractivity contribution in [3.8, 4) is 44.5 Å². The highest BCUT2D eigenvalue weighted by molar-refractivity contribution is 6.00. The predicted molar refractivity (Wildman–Crippen MR) is 306 cm³/mol. The Labute approximate surface area is 443 Å². The van der Waals surface area contributed by atoms with E-state index in [-0.39, 0.29) is 10.8 Å². The van der Waals surface area contributed by atoms with Gasteiger partial charge in [0.15, 0.2) is 0 Å². The first kappa shape index (κ1) is 41.8. The number of anilines is 3.